The highest BCUT2D eigenvalue weighted by molar-refractivity contribution is 5.89. The zero-order chi connectivity index (χ0) is 15.6. The first-order chi connectivity index (χ1) is 10.8. The van der Waals surface area contributed by atoms with E-state index in [1.165, 1.54) is 5.56 Å². The lowest BCUT2D eigenvalue weighted by atomic mass is 10.1. The number of aryl methyl sites for hydroxylation is 1. The molecule has 1 N–H and O–H groups in total. The summed E-state index contributed by atoms with van der Waals surface area (Å²) in [6.07, 6.45) is 2.98. The van der Waals surface area contributed by atoms with Gasteiger partial charge in [0.25, 0.3) is 0 Å². The SMILES string of the molecule is CCCOC(=O)c1ccc(NCCCc2ccccc2)cc1. The lowest BCUT2D eigenvalue weighted by Crippen LogP contribution is -2.06. The molecule has 0 unspecified atom stereocenters. The molecule has 2 aromatic carbocycles. The summed E-state index contributed by atoms with van der Waals surface area (Å²) in [5.41, 5.74) is 2.99. The van der Waals surface area contributed by atoms with Crippen LogP contribution in [0, 0.1) is 0 Å². The molecule has 0 aromatic heterocycles. The second kappa shape index (κ2) is 8.88. The Labute approximate surface area is 132 Å². The highest BCUT2D eigenvalue weighted by Crippen LogP contribution is 2.11. The number of rotatable bonds is 8. The number of carbonyl (C=O) groups is 1. The molecule has 0 heterocycles. The van der Waals surface area contributed by atoms with Gasteiger partial charge in [0, 0.05) is 12.2 Å². The summed E-state index contributed by atoms with van der Waals surface area (Å²) in [6, 6.07) is 17.9. The van der Waals surface area contributed by atoms with Gasteiger partial charge in [-0.05, 0) is 49.1 Å². The Kier molecular flexibility index (Phi) is 6.49. The van der Waals surface area contributed by atoms with Crippen LogP contribution in [0.15, 0.2) is 54.6 Å². The summed E-state index contributed by atoms with van der Waals surface area (Å²) in [4.78, 5) is 11.7. The van der Waals surface area contributed by atoms with Gasteiger partial charge >= 0.3 is 5.97 Å². The van der Waals surface area contributed by atoms with Gasteiger partial charge in [-0.25, -0.2) is 4.79 Å². The number of hydrogen-bond donors (Lipinski definition) is 1. The van der Waals surface area contributed by atoms with E-state index in [1.807, 2.05) is 25.1 Å². The average Bonchev–Trinajstić information content (AvgIpc) is 2.58. The minimum Gasteiger partial charge on any atom is -0.462 e. The lowest BCUT2D eigenvalue weighted by Gasteiger charge is -2.08. The maximum absolute atomic E-state index is 11.7. The van der Waals surface area contributed by atoms with E-state index in [0.717, 1.165) is 31.5 Å². The summed E-state index contributed by atoms with van der Waals surface area (Å²) in [6.45, 7) is 3.36. The van der Waals surface area contributed by atoms with Crippen LogP contribution in [-0.4, -0.2) is 19.1 Å². The van der Waals surface area contributed by atoms with Crippen LogP contribution in [0.1, 0.15) is 35.7 Å². The molecular formula is C19H23NO2. The molecule has 0 amide bonds. The minimum absolute atomic E-state index is 0.252. The molecule has 0 spiro atoms. The fourth-order valence-corrected chi connectivity index (χ4v) is 2.17. The number of carbonyl (C=O) groups excluding carboxylic acids is 1. The number of anilines is 1. The fraction of sp³-hybridized carbons (Fsp3) is 0.316. The number of benzene rings is 2. The molecule has 0 saturated carbocycles. The van der Waals surface area contributed by atoms with Gasteiger partial charge in [0.2, 0.25) is 0 Å². The molecule has 0 aliphatic carbocycles. The van der Waals surface area contributed by atoms with Crippen molar-refractivity contribution in [1.82, 2.24) is 0 Å². The lowest BCUT2D eigenvalue weighted by molar-refractivity contribution is 0.0505. The Balaban J connectivity index is 1.73. The van der Waals surface area contributed by atoms with Crippen LogP contribution in [-0.2, 0) is 11.2 Å². The standard InChI is InChI=1S/C19H23NO2/c1-2-15-22-19(21)17-10-12-18(13-11-17)20-14-6-9-16-7-4-3-5-8-16/h3-5,7-8,10-13,20H,2,6,9,14-15H2,1H3. The van der Waals surface area contributed by atoms with Crippen molar-refractivity contribution in [1.29, 1.82) is 0 Å². The largest absolute Gasteiger partial charge is 0.462 e. The van der Waals surface area contributed by atoms with E-state index in [4.69, 9.17) is 4.74 Å². The molecule has 0 bridgehead atoms. The third-order valence-corrected chi connectivity index (χ3v) is 3.37. The van der Waals surface area contributed by atoms with E-state index in [-0.39, 0.29) is 5.97 Å². The third kappa shape index (κ3) is 5.24. The topological polar surface area (TPSA) is 38.3 Å². The molecule has 0 saturated heterocycles. The molecule has 0 atom stereocenters. The van der Waals surface area contributed by atoms with Crippen molar-refractivity contribution in [3.8, 4) is 0 Å². The highest BCUT2D eigenvalue weighted by atomic mass is 16.5. The molecule has 3 heteroatoms. The van der Waals surface area contributed by atoms with Crippen LogP contribution in [0.25, 0.3) is 0 Å². The molecule has 0 fully saturated rings. The quantitative estimate of drug-likeness (QED) is 0.583. The number of ether oxygens (including phenoxy) is 1. The summed E-state index contributed by atoms with van der Waals surface area (Å²) in [7, 11) is 0. The smallest absolute Gasteiger partial charge is 0.338 e. The molecule has 2 rings (SSSR count). The van der Waals surface area contributed by atoms with E-state index in [1.54, 1.807) is 12.1 Å². The Hall–Kier alpha value is -2.29. The van der Waals surface area contributed by atoms with E-state index >= 15 is 0 Å². The van der Waals surface area contributed by atoms with E-state index in [9.17, 15) is 4.79 Å². The van der Waals surface area contributed by atoms with Gasteiger partial charge in [0.1, 0.15) is 0 Å². The first kappa shape index (κ1) is 16.1. The maximum atomic E-state index is 11.7. The predicted molar refractivity (Wildman–Crippen MR) is 90.3 cm³/mol. The first-order valence-corrected chi connectivity index (χ1v) is 7.84. The van der Waals surface area contributed by atoms with Gasteiger partial charge in [-0.1, -0.05) is 37.3 Å². The molecule has 0 radical (unpaired) electrons. The van der Waals surface area contributed by atoms with Gasteiger partial charge in [-0.3, -0.25) is 0 Å². The summed E-state index contributed by atoms with van der Waals surface area (Å²) in [5, 5.41) is 3.37. The zero-order valence-electron chi connectivity index (χ0n) is 13.0. The predicted octanol–water partition coefficient (Wildman–Crippen LogP) is 4.30. The molecule has 116 valence electrons. The monoisotopic (exact) mass is 297 g/mol. The normalized spacial score (nSPS) is 10.2. The summed E-state index contributed by atoms with van der Waals surface area (Å²) >= 11 is 0. The van der Waals surface area contributed by atoms with Crippen LogP contribution in [0.4, 0.5) is 5.69 Å². The van der Waals surface area contributed by atoms with Crippen molar-refractivity contribution in [2.24, 2.45) is 0 Å². The number of hydrogen-bond acceptors (Lipinski definition) is 3. The molecular weight excluding hydrogens is 274 g/mol. The molecule has 3 nitrogen and oxygen atoms in total. The van der Waals surface area contributed by atoms with Gasteiger partial charge in [-0.15, -0.1) is 0 Å². The Morgan fingerprint density at radius 3 is 2.45 bits per heavy atom. The van der Waals surface area contributed by atoms with Crippen molar-refractivity contribution >= 4 is 11.7 Å². The van der Waals surface area contributed by atoms with Crippen LogP contribution in [0.5, 0.6) is 0 Å². The Bertz CT molecular complexity index is 564. The minimum atomic E-state index is -0.252. The van der Waals surface area contributed by atoms with Crippen molar-refractivity contribution < 1.29 is 9.53 Å². The third-order valence-electron chi connectivity index (χ3n) is 3.37. The van der Waals surface area contributed by atoms with Gasteiger partial charge in [-0.2, -0.15) is 0 Å². The maximum Gasteiger partial charge on any atom is 0.338 e. The summed E-state index contributed by atoms with van der Waals surface area (Å²) in [5.74, 6) is -0.252. The molecule has 22 heavy (non-hydrogen) atoms. The van der Waals surface area contributed by atoms with Crippen molar-refractivity contribution in [2.75, 3.05) is 18.5 Å². The highest BCUT2D eigenvalue weighted by Gasteiger charge is 2.05. The zero-order valence-corrected chi connectivity index (χ0v) is 13.0. The molecule has 0 aliphatic rings. The van der Waals surface area contributed by atoms with Crippen molar-refractivity contribution in [3.05, 3.63) is 65.7 Å². The van der Waals surface area contributed by atoms with Crippen molar-refractivity contribution in [2.45, 2.75) is 26.2 Å². The van der Waals surface area contributed by atoms with Gasteiger partial charge < -0.3 is 10.1 Å². The molecule has 0 aliphatic heterocycles. The van der Waals surface area contributed by atoms with Crippen LogP contribution >= 0.6 is 0 Å². The van der Waals surface area contributed by atoms with Crippen LogP contribution in [0.3, 0.4) is 0 Å². The molecule has 2 aromatic rings. The number of esters is 1. The Morgan fingerprint density at radius 1 is 1.05 bits per heavy atom. The van der Waals surface area contributed by atoms with E-state index < -0.39 is 0 Å². The van der Waals surface area contributed by atoms with Crippen molar-refractivity contribution in [3.63, 3.8) is 0 Å². The average molecular weight is 297 g/mol. The first-order valence-electron chi connectivity index (χ1n) is 7.84. The van der Waals surface area contributed by atoms with Gasteiger partial charge in [0.05, 0.1) is 12.2 Å². The second-order valence-corrected chi connectivity index (χ2v) is 5.23. The number of nitrogens with one attached hydrogen (secondary N) is 1. The van der Waals surface area contributed by atoms with Gasteiger partial charge in [0.15, 0.2) is 0 Å². The summed E-state index contributed by atoms with van der Waals surface area (Å²) < 4.78 is 5.11. The second-order valence-electron chi connectivity index (χ2n) is 5.23. The van der Waals surface area contributed by atoms with E-state index in [2.05, 4.69) is 29.6 Å². The van der Waals surface area contributed by atoms with Crippen LogP contribution < -0.4 is 5.32 Å². The Morgan fingerprint density at radius 2 is 1.77 bits per heavy atom. The van der Waals surface area contributed by atoms with Crippen LogP contribution in [0.2, 0.25) is 0 Å². The fourth-order valence-electron chi connectivity index (χ4n) is 2.17. The van der Waals surface area contributed by atoms with E-state index in [0.29, 0.717) is 12.2 Å².